The lowest BCUT2D eigenvalue weighted by Crippen LogP contribution is -2.40. The molecule has 24 heavy (non-hydrogen) atoms. The predicted octanol–water partition coefficient (Wildman–Crippen LogP) is 1.57. The standard InChI is InChI=1S/C17H24N6O/c1-3-22(15-5-4-9-18-10-8-15)17(24)14-6-7-16(13(2)11-14)23-12-19-20-21-23/h6-7,11-12,15,18H,3-5,8-10H2,1-2H3. The Morgan fingerprint density at radius 1 is 1.38 bits per heavy atom. The van der Waals surface area contributed by atoms with Gasteiger partial charge in [-0.3, -0.25) is 4.79 Å². The molecule has 0 saturated carbocycles. The largest absolute Gasteiger partial charge is 0.336 e. The molecule has 1 unspecified atom stereocenters. The molecule has 0 spiro atoms. The Morgan fingerprint density at radius 2 is 2.25 bits per heavy atom. The van der Waals surface area contributed by atoms with E-state index in [0.717, 1.165) is 55.7 Å². The van der Waals surface area contributed by atoms with Gasteiger partial charge in [-0.15, -0.1) is 5.10 Å². The molecule has 0 aliphatic carbocycles. The lowest BCUT2D eigenvalue weighted by Gasteiger charge is -2.30. The van der Waals surface area contributed by atoms with E-state index in [2.05, 4.69) is 27.8 Å². The molecule has 1 aliphatic heterocycles. The maximum atomic E-state index is 13.0. The lowest BCUT2D eigenvalue weighted by atomic mass is 10.0. The normalized spacial score (nSPS) is 18.2. The Labute approximate surface area is 142 Å². The Balaban J connectivity index is 1.81. The number of nitrogens with zero attached hydrogens (tertiary/aromatic N) is 5. The molecule has 1 atom stereocenters. The van der Waals surface area contributed by atoms with Gasteiger partial charge in [0.25, 0.3) is 5.91 Å². The van der Waals surface area contributed by atoms with Gasteiger partial charge >= 0.3 is 0 Å². The first kappa shape index (κ1) is 16.6. The Hall–Kier alpha value is -2.28. The van der Waals surface area contributed by atoms with Gasteiger partial charge in [-0.1, -0.05) is 0 Å². The van der Waals surface area contributed by atoms with E-state index in [1.165, 1.54) is 0 Å². The number of benzene rings is 1. The van der Waals surface area contributed by atoms with Crippen molar-refractivity contribution in [1.29, 1.82) is 0 Å². The molecule has 7 nitrogen and oxygen atoms in total. The van der Waals surface area contributed by atoms with Crippen LogP contribution in [0.3, 0.4) is 0 Å². The van der Waals surface area contributed by atoms with Crippen molar-refractivity contribution in [3.8, 4) is 5.69 Å². The van der Waals surface area contributed by atoms with Crippen molar-refractivity contribution in [3.63, 3.8) is 0 Å². The number of hydrogen-bond donors (Lipinski definition) is 1. The second-order valence-corrected chi connectivity index (χ2v) is 6.18. The molecule has 1 aliphatic rings. The summed E-state index contributed by atoms with van der Waals surface area (Å²) in [5, 5.41) is 14.6. The van der Waals surface area contributed by atoms with Crippen molar-refractivity contribution in [2.24, 2.45) is 0 Å². The second kappa shape index (κ2) is 7.53. The van der Waals surface area contributed by atoms with E-state index in [4.69, 9.17) is 0 Å². The molecular weight excluding hydrogens is 304 g/mol. The summed E-state index contributed by atoms with van der Waals surface area (Å²) < 4.78 is 1.61. The van der Waals surface area contributed by atoms with E-state index in [-0.39, 0.29) is 5.91 Å². The highest BCUT2D eigenvalue weighted by molar-refractivity contribution is 5.95. The minimum Gasteiger partial charge on any atom is -0.336 e. The molecule has 1 amide bonds. The molecule has 1 saturated heterocycles. The van der Waals surface area contributed by atoms with Gasteiger partial charge in [-0.05, 0) is 80.4 Å². The van der Waals surface area contributed by atoms with Gasteiger partial charge in [0.1, 0.15) is 6.33 Å². The number of carbonyl (C=O) groups is 1. The number of carbonyl (C=O) groups excluding carboxylic acids is 1. The molecule has 3 rings (SSSR count). The number of nitrogens with one attached hydrogen (secondary N) is 1. The fourth-order valence-electron chi connectivity index (χ4n) is 3.36. The van der Waals surface area contributed by atoms with Crippen molar-refractivity contribution in [2.45, 2.75) is 39.2 Å². The van der Waals surface area contributed by atoms with Crippen molar-refractivity contribution in [2.75, 3.05) is 19.6 Å². The second-order valence-electron chi connectivity index (χ2n) is 6.18. The van der Waals surface area contributed by atoms with E-state index < -0.39 is 0 Å². The van der Waals surface area contributed by atoms with Gasteiger partial charge < -0.3 is 10.2 Å². The number of hydrogen-bond acceptors (Lipinski definition) is 5. The van der Waals surface area contributed by atoms with E-state index >= 15 is 0 Å². The fourth-order valence-corrected chi connectivity index (χ4v) is 3.36. The zero-order chi connectivity index (χ0) is 16.9. The van der Waals surface area contributed by atoms with E-state index in [1.807, 2.05) is 30.0 Å². The monoisotopic (exact) mass is 328 g/mol. The molecule has 7 heteroatoms. The first-order valence-electron chi connectivity index (χ1n) is 8.56. The first-order chi connectivity index (χ1) is 11.7. The molecule has 1 aromatic heterocycles. The van der Waals surface area contributed by atoms with Gasteiger partial charge in [-0.2, -0.15) is 0 Å². The topological polar surface area (TPSA) is 75.9 Å². The van der Waals surface area contributed by atoms with Crippen LogP contribution in [0, 0.1) is 6.92 Å². The maximum absolute atomic E-state index is 13.0. The van der Waals surface area contributed by atoms with Crippen LogP contribution in [0.2, 0.25) is 0 Å². The summed E-state index contributed by atoms with van der Waals surface area (Å²) in [4.78, 5) is 15.0. The third-order valence-electron chi connectivity index (χ3n) is 4.63. The van der Waals surface area contributed by atoms with Gasteiger partial charge in [0.05, 0.1) is 5.69 Å². The van der Waals surface area contributed by atoms with Crippen LogP contribution in [0.4, 0.5) is 0 Å². The number of aryl methyl sites for hydroxylation is 1. The van der Waals surface area contributed by atoms with E-state index in [1.54, 1.807) is 11.0 Å². The van der Waals surface area contributed by atoms with Gasteiger partial charge in [-0.25, -0.2) is 4.68 Å². The van der Waals surface area contributed by atoms with Crippen LogP contribution < -0.4 is 5.32 Å². The maximum Gasteiger partial charge on any atom is 0.254 e. The quantitative estimate of drug-likeness (QED) is 0.922. The van der Waals surface area contributed by atoms with E-state index in [0.29, 0.717) is 6.04 Å². The van der Waals surface area contributed by atoms with Crippen LogP contribution in [-0.4, -0.2) is 56.7 Å². The van der Waals surface area contributed by atoms with Crippen molar-refractivity contribution < 1.29 is 4.79 Å². The third kappa shape index (κ3) is 3.46. The molecule has 2 aromatic rings. The SMILES string of the molecule is CCN(C(=O)c1ccc(-n2cnnn2)c(C)c1)C1CCCNCC1. The number of rotatable bonds is 4. The zero-order valence-electron chi connectivity index (χ0n) is 14.3. The van der Waals surface area contributed by atoms with Crippen molar-refractivity contribution in [1.82, 2.24) is 30.4 Å². The summed E-state index contributed by atoms with van der Waals surface area (Å²) in [7, 11) is 0. The van der Waals surface area contributed by atoms with Crippen LogP contribution in [0.5, 0.6) is 0 Å². The number of tetrazole rings is 1. The lowest BCUT2D eigenvalue weighted by molar-refractivity contribution is 0.0676. The Kier molecular flexibility index (Phi) is 5.20. The van der Waals surface area contributed by atoms with Crippen LogP contribution in [0.1, 0.15) is 42.1 Å². The molecule has 1 fully saturated rings. The van der Waals surface area contributed by atoms with E-state index in [9.17, 15) is 4.79 Å². The summed E-state index contributed by atoms with van der Waals surface area (Å²) in [6, 6.07) is 6.01. The highest BCUT2D eigenvalue weighted by atomic mass is 16.2. The molecule has 1 N–H and O–H groups in total. The van der Waals surface area contributed by atoms with Crippen molar-refractivity contribution in [3.05, 3.63) is 35.7 Å². The zero-order valence-corrected chi connectivity index (χ0v) is 14.3. The average molecular weight is 328 g/mol. The first-order valence-corrected chi connectivity index (χ1v) is 8.56. The summed E-state index contributed by atoms with van der Waals surface area (Å²) in [6.45, 7) is 6.78. The molecule has 1 aromatic carbocycles. The highest BCUT2D eigenvalue weighted by Crippen LogP contribution is 2.20. The Bertz CT molecular complexity index is 676. The van der Waals surface area contributed by atoms with Crippen LogP contribution in [0.15, 0.2) is 24.5 Å². The summed E-state index contributed by atoms with van der Waals surface area (Å²) >= 11 is 0. The average Bonchev–Trinajstić information content (AvgIpc) is 2.99. The highest BCUT2D eigenvalue weighted by Gasteiger charge is 2.24. The van der Waals surface area contributed by atoms with Crippen LogP contribution in [-0.2, 0) is 0 Å². The van der Waals surface area contributed by atoms with Crippen molar-refractivity contribution >= 4 is 5.91 Å². The minimum atomic E-state index is 0.107. The predicted molar refractivity (Wildman–Crippen MR) is 91.1 cm³/mol. The van der Waals surface area contributed by atoms with Crippen LogP contribution >= 0.6 is 0 Å². The number of amides is 1. The summed E-state index contributed by atoms with van der Waals surface area (Å²) in [5.74, 6) is 0.107. The third-order valence-corrected chi connectivity index (χ3v) is 4.63. The van der Waals surface area contributed by atoms with Gasteiger partial charge in [0.15, 0.2) is 0 Å². The molecule has 128 valence electrons. The molecule has 2 heterocycles. The summed E-state index contributed by atoms with van der Waals surface area (Å²) in [6.07, 6.45) is 4.75. The minimum absolute atomic E-state index is 0.107. The molecule has 0 bridgehead atoms. The molecular formula is C17H24N6O. The molecule has 0 radical (unpaired) electrons. The van der Waals surface area contributed by atoms with Crippen LogP contribution in [0.25, 0.3) is 5.69 Å². The Morgan fingerprint density at radius 3 is 2.96 bits per heavy atom. The summed E-state index contributed by atoms with van der Waals surface area (Å²) in [5.41, 5.74) is 2.59. The van der Waals surface area contributed by atoms with Gasteiger partial charge in [0, 0.05) is 18.2 Å². The fraction of sp³-hybridized carbons (Fsp3) is 0.529. The van der Waals surface area contributed by atoms with Gasteiger partial charge in [0.2, 0.25) is 0 Å². The number of aromatic nitrogens is 4. The smallest absolute Gasteiger partial charge is 0.254 e.